The molecule has 0 aromatic heterocycles. The van der Waals surface area contributed by atoms with E-state index in [9.17, 15) is 29.7 Å². The average Bonchev–Trinajstić information content (AvgIpc) is 2.99. The van der Waals surface area contributed by atoms with Gasteiger partial charge in [-0.05, 0) is 19.3 Å². The van der Waals surface area contributed by atoms with E-state index in [1.165, 1.54) is 96.3 Å². The van der Waals surface area contributed by atoms with Gasteiger partial charge < -0.3 is 24.6 Å². The number of carboxylic acids is 3. The number of rotatable bonds is 32. The SMILES string of the molecule is CCCCCCCCCCCCCCCCC/C=C/CCC[N+](CCC(C)C(=O)[O-])(CCC(C)C(=O)O)CCC(C)C(=O)O. The van der Waals surface area contributed by atoms with E-state index in [4.69, 9.17) is 0 Å². The van der Waals surface area contributed by atoms with Crippen LogP contribution in [0.5, 0.6) is 0 Å². The lowest BCUT2D eigenvalue weighted by Gasteiger charge is -2.41. The quantitative estimate of drug-likeness (QED) is 0.0442. The fourth-order valence-corrected chi connectivity index (χ4v) is 5.85. The molecule has 0 amide bonds. The van der Waals surface area contributed by atoms with Gasteiger partial charge in [0.2, 0.25) is 0 Å². The van der Waals surface area contributed by atoms with Gasteiger partial charge in [-0.2, -0.15) is 0 Å². The summed E-state index contributed by atoms with van der Waals surface area (Å²) < 4.78 is 0.555. The first-order chi connectivity index (χ1) is 21.0. The normalized spacial score (nSPS) is 15.2. The Bertz CT molecular complexity index is 707. The minimum Gasteiger partial charge on any atom is -0.550 e. The topological polar surface area (TPSA) is 115 Å². The average molecular weight is 624 g/mol. The van der Waals surface area contributed by atoms with Crippen LogP contribution in [0.4, 0.5) is 0 Å². The van der Waals surface area contributed by atoms with Crippen molar-refractivity contribution >= 4 is 17.9 Å². The number of allylic oxidation sites excluding steroid dienone is 2. The Balaban J connectivity index is 4.45. The number of nitrogens with zero attached hydrogens (tertiary/aromatic N) is 1. The predicted molar refractivity (Wildman–Crippen MR) is 179 cm³/mol. The standard InChI is InChI=1S/C37H69NO6/c1-5-6-7-8-9-10-11-12-13-14-15-16-17-18-19-20-21-22-23-24-28-38(29-25-32(2)35(39)40,30-26-33(3)36(41)42)31-27-34(4)37(43)44/h21-22,32-34H,5-20,23-31H2,1-4H3,(H2-,39,40,41,42,43,44)/b22-21+. The zero-order chi connectivity index (χ0) is 33.1. The van der Waals surface area contributed by atoms with Gasteiger partial charge in [0.05, 0.1) is 38.0 Å². The molecule has 2 N–H and O–H groups in total. The molecule has 0 spiro atoms. The summed E-state index contributed by atoms with van der Waals surface area (Å²) in [6, 6.07) is 0. The van der Waals surface area contributed by atoms with Crippen molar-refractivity contribution in [2.24, 2.45) is 17.8 Å². The van der Waals surface area contributed by atoms with Crippen molar-refractivity contribution in [1.82, 2.24) is 0 Å². The van der Waals surface area contributed by atoms with Gasteiger partial charge in [0.1, 0.15) is 0 Å². The lowest BCUT2D eigenvalue weighted by molar-refractivity contribution is -0.929. The van der Waals surface area contributed by atoms with Crippen LogP contribution >= 0.6 is 0 Å². The van der Waals surface area contributed by atoms with Gasteiger partial charge in [-0.25, -0.2) is 0 Å². The molecule has 3 unspecified atom stereocenters. The Morgan fingerprint density at radius 1 is 0.545 bits per heavy atom. The molecule has 7 nitrogen and oxygen atoms in total. The van der Waals surface area contributed by atoms with E-state index in [-0.39, 0.29) is 0 Å². The van der Waals surface area contributed by atoms with Crippen molar-refractivity contribution in [1.29, 1.82) is 0 Å². The Hall–Kier alpha value is -1.89. The minimum atomic E-state index is -1.08. The van der Waals surface area contributed by atoms with Gasteiger partial charge in [0.15, 0.2) is 0 Å². The summed E-state index contributed by atoms with van der Waals surface area (Å²) in [5, 5.41) is 30.3. The molecule has 0 fully saturated rings. The number of hydrogen-bond acceptors (Lipinski definition) is 4. The summed E-state index contributed by atoms with van der Waals surface area (Å²) in [5.74, 6) is -4.37. The zero-order valence-corrected chi connectivity index (χ0v) is 29.0. The van der Waals surface area contributed by atoms with Crippen LogP contribution in [0.25, 0.3) is 0 Å². The van der Waals surface area contributed by atoms with Crippen LogP contribution in [0, 0.1) is 17.8 Å². The highest BCUT2D eigenvalue weighted by molar-refractivity contribution is 5.69. The van der Waals surface area contributed by atoms with E-state index < -0.39 is 35.7 Å². The van der Waals surface area contributed by atoms with E-state index in [0.717, 1.165) is 25.8 Å². The molecule has 7 heteroatoms. The third kappa shape index (κ3) is 23.5. The molecule has 0 aliphatic heterocycles. The van der Waals surface area contributed by atoms with Crippen molar-refractivity contribution in [3.05, 3.63) is 12.2 Å². The molecule has 0 aliphatic carbocycles. The second-order valence-electron chi connectivity index (χ2n) is 13.7. The number of carboxylic acid groups (broad SMARTS) is 3. The number of unbranched alkanes of at least 4 members (excludes halogenated alkanes) is 16. The first-order valence-corrected chi connectivity index (χ1v) is 18.2. The van der Waals surface area contributed by atoms with Crippen LogP contribution < -0.4 is 5.11 Å². The van der Waals surface area contributed by atoms with Gasteiger partial charge in [0, 0.05) is 37.6 Å². The number of quaternary nitrogens is 1. The van der Waals surface area contributed by atoms with Crippen LogP contribution in [0.1, 0.15) is 163 Å². The second-order valence-corrected chi connectivity index (χ2v) is 13.7. The van der Waals surface area contributed by atoms with Crippen molar-refractivity contribution in [3.63, 3.8) is 0 Å². The maximum Gasteiger partial charge on any atom is 0.306 e. The van der Waals surface area contributed by atoms with Gasteiger partial charge in [-0.1, -0.05) is 130 Å². The fourth-order valence-electron chi connectivity index (χ4n) is 5.85. The summed E-state index contributed by atoms with van der Waals surface area (Å²) >= 11 is 0. The number of aliphatic carboxylic acids is 3. The summed E-state index contributed by atoms with van der Waals surface area (Å²) in [6.07, 6.45) is 29.3. The predicted octanol–water partition coefficient (Wildman–Crippen LogP) is 8.40. The van der Waals surface area contributed by atoms with Gasteiger partial charge in [-0.15, -0.1) is 0 Å². The summed E-state index contributed by atoms with van der Waals surface area (Å²) in [5.41, 5.74) is 0. The van der Waals surface area contributed by atoms with E-state index in [2.05, 4.69) is 19.1 Å². The highest BCUT2D eigenvalue weighted by Crippen LogP contribution is 2.21. The molecule has 0 aromatic rings. The lowest BCUT2D eigenvalue weighted by atomic mass is 10.0. The maximum absolute atomic E-state index is 11.5. The van der Waals surface area contributed by atoms with Gasteiger partial charge in [0.25, 0.3) is 0 Å². The van der Waals surface area contributed by atoms with Crippen molar-refractivity contribution in [3.8, 4) is 0 Å². The van der Waals surface area contributed by atoms with Crippen molar-refractivity contribution in [2.45, 2.75) is 163 Å². The van der Waals surface area contributed by atoms with Crippen LogP contribution in [-0.4, -0.2) is 58.8 Å². The molecule has 0 saturated carbocycles. The first-order valence-electron chi connectivity index (χ1n) is 18.2. The zero-order valence-electron chi connectivity index (χ0n) is 29.0. The number of hydrogen-bond donors (Lipinski definition) is 2. The Labute approximate surface area is 270 Å². The largest absolute Gasteiger partial charge is 0.550 e. The van der Waals surface area contributed by atoms with E-state index >= 15 is 0 Å². The molecule has 0 bridgehead atoms. The molecule has 0 radical (unpaired) electrons. The minimum absolute atomic E-state index is 0.431. The smallest absolute Gasteiger partial charge is 0.306 e. The Morgan fingerprint density at radius 3 is 1.25 bits per heavy atom. The van der Waals surface area contributed by atoms with E-state index in [1.807, 2.05) is 0 Å². The van der Waals surface area contributed by atoms with Crippen LogP contribution in [-0.2, 0) is 14.4 Å². The summed E-state index contributed by atoms with van der Waals surface area (Å²) in [7, 11) is 0. The third-order valence-electron chi connectivity index (χ3n) is 9.50. The molecule has 0 aromatic carbocycles. The second kappa shape index (κ2) is 27.4. The number of carbonyl (C=O) groups excluding carboxylic acids is 1. The monoisotopic (exact) mass is 624 g/mol. The molecule has 258 valence electrons. The maximum atomic E-state index is 11.5. The highest BCUT2D eigenvalue weighted by atomic mass is 16.4. The third-order valence-corrected chi connectivity index (χ3v) is 9.50. The molecular formula is C37H69NO6. The van der Waals surface area contributed by atoms with Gasteiger partial charge in [-0.3, -0.25) is 9.59 Å². The fraction of sp³-hybridized carbons (Fsp3) is 0.865. The Morgan fingerprint density at radius 2 is 0.886 bits per heavy atom. The van der Waals surface area contributed by atoms with E-state index in [1.54, 1.807) is 20.8 Å². The molecule has 0 aliphatic rings. The van der Waals surface area contributed by atoms with Crippen LogP contribution in [0.15, 0.2) is 12.2 Å². The van der Waals surface area contributed by atoms with Crippen LogP contribution in [0.3, 0.4) is 0 Å². The van der Waals surface area contributed by atoms with E-state index in [0.29, 0.717) is 43.4 Å². The lowest BCUT2D eigenvalue weighted by Crippen LogP contribution is -2.52. The summed E-state index contributed by atoms with van der Waals surface area (Å²) in [4.78, 5) is 34.4. The first kappa shape index (κ1) is 42.1. The summed E-state index contributed by atoms with van der Waals surface area (Å²) in [6.45, 7) is 9.87. The molecule has 0 heterocycles. The number of carbonyl (C=O) groups is 3. The molecule has 3 atom stereocenters. The molecule has 44 heavy (non-hydrogen) atoms. The van der Waals surface area contributed by atoms with Crippen molar-refractivity contribution < 1.29 is 34.2 Å². The highest BCUT2D eigenvalue weighted by Gasteiger charge is 2.30. The van der Waals surface area contributed by atoms with Gasteiger partial charge >= 0.3 is 11.9 Å². The Kier molecular flexibility index (Phi) is 26.2. The van der Waals surface area contributed by atoms with Crippen LogP contribution in [0.2, 0.25) is 0 Å². The molecule has 0 rings (SSSR count). The van der Waals surface area contributed by atoms with Crippen molar-refractivity contribution in [2.75, 3.05) is 26.2 Å². The molecular weight excluding hydrogens is 554 g/mol. The molecule has 0 saturated heterocycles.